The SMILES string of the molecule is Cc1nc(C(=O)OCCCn2cnc3c(N)ncnc32)c(-c2ccccc2)o1. The topological polar surface area (TPSA) is 122 Å². The van der Waals surface area contributed by atoms with Crippen molar-refractivity contribution in [2.75, 3.05) is 12.3 Å². The van der Waals surface area contributed by atoms with Crippen LogP contribution in [0.25, 0.3) is 22.5 Å². The Morgan fingerprint density at radius 2 is 2.04 bits per heavy atom. The lowest BCUT2D eigenvalue weighted by Crippen LogP contribution is -2.10. The third-order valence-electron chi connectivity index (χ3n) is 4.17. The van der Waals surface area contributed by atoms with E-state index in [4.69, 9.17) is 14.9 Å². The molecule has 0 aliphatic rings. The van der Waals surface area contributed by atoms with E-state index in [1.54, 1.807) is 13.3 Å². The van der Waals surface area contributed by atoms with E-state index < -0.39 is 5.97 Å². The molecule has 9 heteroatoms. The highest BCUT2D eigenvalue weighted by molar-refractivity contribution is 5.93. The molecule has 0 amide bonds. The average Bonchev–Trinajstić information content (AvgIpc) is 3.30. The van der Waals surface area contributed by atoms with E-state index in [-0.39, 0.29) is 12.3 Å². The molecule has 0 spiro atoms. The van der Waals surface area contributed by atoms with Crippen LogP contribution in [0.1, 0.15) is 22.8 Å². The molecule has 4 aromatic rings. The minimum atomic E-state index is -0.516. The number of aryl methyl sites for hydroxylation is 2. The fraction of sp³-hybridized carbons (Fsp3) is 0.211. The number of nitrogen functional groups attached to an aromatic ring is 1. The maximum absolute atomic E-state index is 12.5. The van der Waals surface area contributed by atoms with Gasteiger partial charge in [-0.15, -0.1) is 0 Å². The second-order valence-corrected chi connectivity index (χ2v) is 6.14. The van der Waals surface area contributed by atoms with Crippen molar-refractivity contribution in [2.24, 2.45) is 0 Å². The maximum Gasteiger partial charge on any atom is 0.361 e. The van der Waals surface area contributed by atoms with Crippen LogP contribution in [0, 0.1) is 6.92 Å². The summed E-state index contributed by atoms with van der Waals surface area (Å²) >= 11 is 0. The first kappa shape index (κ1) is 17.7. The lowest BCUT2D eigenvalue weighted by Gasteiger charge is -2.06. The number of oxazole rings is 1. The van der Waals surface area contributed by atoms with E-state index in [0.29, 0.717) is 41.6 Å². The van der Waals surface area contributed by atoms with Crippen molar-refractivity contribution >= 4 is 23.0 Å². The first-order chi connectivity index (χ1) is 13.6. The van der Waals surface area contributed by atoms with Gasteiger partial charge in [-0.3, -0.25) is 0 Å². The van der Waals surface area contributed by atoms with Crippen molar-refractivity contribution in [2.45, 2.75) is 19.9 Å². The first-order valence-corrected chi connectivity index (χ1v) is 8.75. The molecule has 0 unspecified atom stereocenters. The van der Waals surface area contributed by atoms with Gasteiger partial charge in [-0.1, -0.05) is 30.3 Å². The number of carbonyl (C=O) groups is 1. The fourth-order valence-electron chi connectivity index (χ4n) is 2.88. The van der Waals surface area contributed by atoms with E-state index in [1.807, 2.05) is 34.9 Å². The van der Waals surface area contributed by atoms with Crippen LogP contribution in [0.2, 0.25) is 0 Å². The molecule has 0 radical (unpaired) electrons. The predicted octanol–water partition coefficient (Wildman–Crippen LogP) is 2.62. The van der Waals surface area contributed by atoms with Crippen LogP contribution in [0.3, 0.4) is 0 Å². The van der Waals surface area contributed by atoms with Crippen molar-refractivity contribution in [3.05, 3.63) is 54.6 Å². The molecule has 0 saturated heterocycles. The van der Waals surface area contributed by atoms with Crippen molar-refractivity contribution in [3.63, 3.8) is 0 Å². The Labute approximate surface area is 160 Å². The second kappa shape index (κ2) is 7.47. The van der Waals surface area contributed by atoms with Gasteiger partial charge in [0.05, 0.1) is 12.9 Å². The van der Waals surface area contributed by atoms with Crippen molar-refractivity contribution in [1.29, 1.82) is 0 Å². The number of imidazole rings is 1. The number of fused-ring (bicyclic) bond motifs is 1. The third-order valence-corrected chi connectivity index (χ3v) is 4.17. The highest BCUT2D eigenvalue weighted by Gasteiger charge is 2.21. The van der Waals surface area contributed by atoms with Gasteiger partial charge < -0.3 is 19.5 Å². The number of nitrogens with zero attached hydrogens (tertiary/aromatic N) is 5. The number of hydrogen-bond acceptors (Lipinski definition) is 8. The van der Waals surface area contributed by atoms with Gasteiger partial charge in [0, 0.05) is 19.0 Å². The number of ether oxygens (including phenoxy) is 1. The predicted molar refractivity (Wildman–Crippen MR) is 101 cm³/mol. The number of anilines is 1. The lowest BCUT2D eigenvalue weighted by molar-refractivity contribution is 0.0490. The van der Waals surface area contributed by atoms with Gasteiger partial charge in [-0.05, 0) is 6.42 Å². The monoisotopic (exact) mass is 378 g/mol. The molecule has 142 valence electrons. The van der Waals surface area contributed by atoms with Gasteiger partial charge in [0.25, 0.3) is 0 Å². The largest absolute Gasteiger partial charge is 0.461 e. The fourth-order valence-corrected chi connectivity index (χ4v) is 2.88. The zero-order valence-electron chi connectivity index (χ0n) is 15.2. The zero-order chi connectivity index (χ0) is 19.5. The molecule has 4 rings (SSSR count). The van der Waals surface area contributed by atoms with Crippen LogP contribution in [0.15, 0.2) is 47.4 Å². The van der Waals surface area contributed by atoms with Crippen LogP contribution in [0.4, 0.5) is 5.82 Å². The first-order valence-electron chi connectivity index (χ1n) is 8.75. The summed E-state index contributed by atoms with van der Waals surface area (Å²) in [5, 5.41) is 0. The van der Waals surface area contributed by atoms with E-state index in [0.717, 1.165) is 5.56 Å². The summed E-state index contributed by atoms with van der Waals surface area (Å²) in [4.78, 5) is 29.0. The van der Waals surface area contributed by atoms with E-state index in [1.165, 1.54) is 6.33 Å². The molecule has 9 nitrogen and oxygen atoms in total. The zero-order valence-corrected chi connectivity index (χ0v) is 15.2. The third kappa shape index (κ3) is 3.41. The molecule has 1 aromatic carbocycles. The molecule has 0 saturated carbocycles. The number of benzene rings is 1. The molecule has 0 fully saturated rings. The molecule has 2 N–H and O–H groups in total. The van der Waals surface area contributed by atoms with Crippen LogP contribution in [-0.4, -0.2) is 37.1 Å². The normalized spacial score (nSPS) is 11.0. The smallest absolute Gasteiger partial charge is 0.361 e. The Morgan fingerprint density at radius 1 is 1.21 bits per heavy atom. The number of rotatable bonds is 6. The summed E-state index contributed by atoms with van der Waals surface area (Å²) in [7, 11) is 0. The lowest BCUT2D eigenvalue weighted by atomic mass is 10.1. The Morgan fingerprint density at radius 3 is 2.86 bits per heavy atom. The average molecular weight is 378 g/mol. The van der Waals surface area contributed by atoms with Gasteiger partial charge in [0.2, 0.25) is 0 Å². The number of hydrogen-bond donors (Lipinski definition) is 1. The minimum absolute atomic E-state index is 0.178. The highest BCUT2D eigenvalue weighted by atomic mass is 16.5. The Hall–Kier alpha value is -3.75. The maximum atomic E-state index is 12.5. The summed E-state index contributed by atoms with van der Waals surface area (Å²) in [6, 6.07) is 9.34. The number of esters is 1. The molecule has 0 bridgehead atoms. The summed E-state index contributed by atoms with van der Waals surface area (Å²) in [5.74, 6) is 0.645. The van der Waals surface area contributed by atoms with Crippen LogP contribution in [0.5, 0.6) is 0 Å². The molecule has 0 aliphatic carbocycles. The summed E-state index contributed by atoms with van der Waals surface area (Å²) in [6.07, 6.45) is 3.62. The molecule has 0 aliphatic heterocycles. The molecule has 3 aromatic heterocycles. The number of aromatic nitrogens is 5. The van der Waals surface area contributed by atoms with Crippen LogP contribution >= 0.6 is 0 Å². The van der Waals surface area contributed by atoms with Crippen molar-refractivity contribution < 1.29 is 13.9 Å². The van der Waals surface area contributed by atoms with Crippen molar-refractivity contribution in [1.82, 2.24) is 24.5 Å². The summed E-state index contributed by atoms with van der Waals surface area (Å²) in [5.41, 5.74) is 7.94. The summed E-state index contributed by atoms with van der Waals surface area (Å²) < 4.78 is 12.8. The minimum Gasteiger partial charge on any atom is -0.461 e. The van der Waals surface area contributed by atoms with Crippen molar-refractivity contribution in [3.8, 4) is 11.3 Å². The van der Waals surface area contributed by atoms with Gasteiger partial charge in [0.1, 0.15) is 11.8 Å². The number of carbonyl (C=O) groups excluding carboxylic acids is 1. The Kier molecular flexibility index (Phi) is 4.71. The Balaban J connectivity index is 1.39. The molecular weight excluding hydrogens is 360 g/mol. The van der Waals surface area contributed by atoms with E-state index in [2.05, 4.69) is 19.9 Å². The van der Waals surface area contributed by atoms with Gasteiger partial charge in [0.15, 0.2) is 28.8 Å². The van der Waals surface area contributed by atoms with E-state index >= 15 is 0 Å². The van der Waals surface area contributed by atoms with Crippen LogP contribution in [-0.2, 0) is 11.3 Å². The van der Waals surface area contributed by atoms with Gasteiger partial charge in [-0.25, -0.2) is 24.7 Å². The molecule has 3 heterocycles. The standard InChI is InChI=1S/C19H18N6O3/c1-12-24-14(16(28-12)13-6-3-2-4-7-13)19(26)27-9-5-8-25-11-23-15-17(20)21-10-22-18(15)25/h2-4,6-7,10-11H,5,8-9H2,1H3,(H2,20,21,22). The van der Waals surface area contributed by atoms with Gasteiger partial charge >= 0.3 is 5.97 Å². The van der Waals surface area contributed by atoms with Gasteiger partial charge in [-0.2, -0.15) is 0 Å². The van der Waals surface area contributed by atoms with Crippen LogP contribution < -0.4 is 5.73 Å². The second-order valence-electron chi connectivity index (χ2n) is 6.14. The van der Waals surface area contributed by atoms with E-state index in [9.17, 15) is 4.79 Å². The number of nitrogens with two attached hydrogens (primary N) is 1. The highest BCUT2D eigenvalue weighted by Crippen LogP contribution is 2.25. The molecule has 0 atom stereocenters. The Bertz CT molecular complexity index is 1120. The molecular formula is C19H18N6O3. The molecule has 28 heavy (non-hydrogen) atoms. The quantitative estimate of drug-likeness (QED) is 0.401. The summed E-state index contributed by atoms with van der Waals surface area (Å²) in [6.45, 7) is 2.49.